The Morgan fingerprint density at radius 1 is 0.855 bits per heavy atom. The van der Waals surface area contributed by atoms with Gasteiger partial charge < -0.3 is 34.9 Å². The number of ketones is 1. The van der Waals surface area contributed by atoms with Gasteiger partial charge in [0.1, 0.15) is 18.1 Å². The number of alkyl carbamates (subject to hydrolysis) is 1. The summed E-state index contributed by atoms with van der Waals surface area (Å²) < 4.78 is 11.5. The average molecular weight is 936 g/mol. The fourth-order valence-corrected chi connectivity index (χ4v) is 10.9. The van der Waals surface area contributed by atoms with E-state index in [4.69, 9.17) is 19.5 Å². The molecule has 1 aromatic heterocycles. The van der Waals surface area contributed by atoms with Crippen molar-refractivity contribution >= 4 is 59.1 Å². The Bertz CT molecular complexity index is 2630. The summed E-state index contributed by atoms with van der Waals surface area (Å²) in [4.78, 5) is 69.4. The zero-order valence-corrected chi connectivity index (χ0v) is 41.0. The number of benzene rings is 3. The molecular weight excluding hydrogens is 869 g/mol. The van der Waals surface area contributed by atoms with Crippen LogP contribution >= 0.6 is 0 Å². The Morgan fingerprint density at radius 2 is 1.55 bits per heavy atom. The van der Waals surface area contributed by atoms with E-state index in [0.29, 0.717) is 13.0 Å². The number of H-pyrrole nitrogens is 1. The van der Waals surface area contributed by atoms with Crippen LogP contribution in [0, 0.1) is 23.7 Å². The number of amidine groups is 1. The van der Waals surface area contributed by atoms with Crippen LogP contribution in [0.15, 0.2) is 96.3 Å². The minimum Gasteiger partial charge on any atom is -0.469 e. The molecule has 3 aliphatic heterocycles. The van der Waals surface area contributed by atoms with Gasteiger partial charge in [0.25, 0.3) is 0 Å². The lowest BCUT2D eigenvalue weighted by Crippen LogP contribution is -2.48. The molecule has 7 unspecified atom stereocenters. The number of ether oxygens (including phenoxy) is 2. The number of esters is 1. The Labute approximate surface area is 406 Å². The molecule has 14 nitrogen and oxygen atoms in total. The number of methoxy groups -OCH3 is 2. The second-order valence-corrected chi connectivity index (χ2v) is 19.3. The molecule has 2 amide bonds. The molecule has 1 saturated heterocycles. The molecule has 3 N–H and O–H groups in total. The van der Waals surface area contributed by atoms with Gasteiger partial charge in [-0.25, -0.2) is 14.4 Å². The third kappa shape index (κ3) is 10.3. The predicted molar refractivity (Wildman–Crippen MR) is 271 cm³/mol. The first-order valence-electron chi connectivity index (χ1n) is 24.5. The van der Waals surface area contributed by atoms with E-state index in [1.165, 1.54) is 19.8 Å². The van der Waals surface area contributed by atoms with Gasteiger partial charge in [-0.05, 0) is 96.8 Å². The lowest BCUT2D eigenvalue weighted by molar-refractivity contribution is -0.314. The van der Waals surface area contributed by atoms with Crippen molar-refractivity contribution in [2.45, 2.75) is 103 Å². The van der Waals surface area contributed by atoms with Crippen LogP contribution < -0.4 is 15.5 Å². The maximum Gasteiger partial charge on any atom is 0.407 e. The number of aromatic amines is 1. The first-order chi connectivity index (χ1) is 33.3. The van der Waals surface area contributed by atoms with Crippen molar-refractivity contribution in [3.63, 3.8) is 0 Å². The summed E-state index contributed by atoms with van der Waals surface area (Å²) in [7, 11) is 4.59. The quantitative estimate of drug-likeness (QED) is 0.0734. The van der Waals surface area contributed by atoms with Gasteiger partial charge in [-0.3, -0.25) is 14.4 Å². The predicted octanol–water partition coefficient (Wildman–Crippen LogP) is 9.58. The molecule has 8 rings (SSSR count). The number of imidazole rings is 1. The molecule has 1 saturated carbocycles. The van der Waals surface area contributed by atoms with Crippen molar-refractivity contribution < 1.29 is 33.2 Å². The fourth-order valence-electron chi connectivity index (χ4n) is 10.9. The van der Waals surface area contributed by atoms with Crippen LogP contribution in [-0.2, 0) is 23.9 Å². The number of nitrogens with one attached hydrogen (secondary N) is 3. The van der Waals surface area contributed by atoms with E-state index >= 15 is 0 Å². The zero-order chi connectivity index (χ0) is 48.9. The van der Waals surface area contributed by atoms with Crippen molar-refractivity contribution in [2.75, 3.05) is 38.0 Å². The molecule has 0 bridgehead atoms. The lowest BCUT2D eigenvalue weighted by atomic mass is 9.76. The molecule has 7 atom stereocenters. The van der Waals surface area contributed by atoms with E-state index in [1.807, 2.05) is 38.2 Å². The first-order valence-corrected chi connectivity index (χ1v) is 24.5. The number of nitrogens with zero attached hydrogens (tertiary/aromatic N) is 5. The molecule has 362 valence electrons. The number of carbonyl (C=O) groups is 4. The zero-order valence-electron chi connectivity index (χ0n) is 41.0. The maximum absolute atomic E-state index is 14.1. The summed E-state index contributed by atoms with van der Waals surface area (Å²) in [5.74, 6) is 0.384. The summed E-state index contributed by atoms with van der Waals surface area (Å²) in [6, 6.07) is 25.0. The van der Waals surface area contributed by atoms with Gasteiger partial charge in [-0.15, -0.1) is 0 Å². The first kappa shape index (κ1) is 48.6. The van der Waals surface area contributed by atoms with Crippen molar-refractivity contribution in [3.8, 4) is 11.3 Å². The summed E-state index contributed by atoms with van der Waals surface area (Å²) in [5, 5.41) is 5.86. The molecule has 0 radical (unpaired) electrons. The normalized spacial score (nSPS) is 21.6. The number of Topliss-reactive ketones (excluding diaryl/α,β-unsaturated/α-hetero) is 1. The number of hydrogen-bond donors (Lipinski definition) is 3. The van der Waals surface area contributed by atoms with E-state index in [0.717, 1.165) is 102 Å². The van der Waals surface area contributed by atoms with Crippen LogP contribution in [0.5, 0.6) is 0 Å². The van der Waals surface area contributed by atoms with Crippen molar-refractivity contribution in [2.24, 2.45) is 28.7 Å². The van der Waals surface area contributed by atoms with Gasteiger partial charge in [-0.1, -0.05) is 88.2 Å². The second-order valence-electron chi connectivity index (χ2n) is 19.3. The number of rotatable bonds is 16. The summed E-state index contributed by atoms with van der Waals surface area (Å²) >= 11 is 0. The average Bonchev–Trinajstić information content (AvgIpc) is 4.21. The monoisotopic (exact) mass is 936 g/mol. The molecule has 1 aliphatic carbocycles. The van der Waals surface area contributed by atoms with Crippen LogP contribution in [-0.4, -0.2) is 95.6 Å². The van der Waals surface area contributed by atoms with E-state index in [1.54, 1.807) is 18.4 Å². The summed E-state index contributed by atoms with van der Waals surface area (Å²) in [6.07, 6.45) is 12.4. The Kier molecular flexibility index (Phi) is 14.9. The number of aromatic nitrogens is 2. The third-order valence-corrected chi connectivity index (χ3v) is 14.7. The number of amides is 2. The number of likely N-dealkylation sites (tertiary alicyclic amines) is 1. The molecule has 2 fully saturated rings. The largest absolute Gasteiger partial charge is 0.469 e. The van der Waals surface area contributed by atoms with Gasteiger partial charge in [0, 0.05) is 48.6 Å². The molecule has 0 spiro atoms. The Balaban J connectivity index is 0.984. The van der Waals surface area contributed by atoms with Crippen molar-refractivity contribution in [1.82, 2.24) is 20.2 Å². The van der Waals surface area contributed by atoms with Crippen LogP contribution in [0.3, 0.4) is 0 Å². The molecule has 14 heteroatoms. The molecule has 4 heterocycles. The van der Waals surface area contributed by atoms with Gasteiger partial charge in [0.15, 0.2) is 5.78 Å². The smallest absolute Gasteiger partial charge is 0.407 e. The second kappa shape index (κ2) is 21.2. The van der Waals surface area contributed by atoms with Gasteiger partial charge in [0.05, 0.1) is 56.7 Å². The standard InChI is InChI=1S/C55H66N8O6/c1-33(2)50(34(3)54(66)68-7)53(65)62-29-11-14-48(62)52-60-45(32-61(52)6)37-17-21-39(22-18-37)47-28-27-46(63(47)42-25-23-41(56-5)24-26-42)38-19-15-36(16-20-38)44-31-57-51(59-44)43-13-10-9-12-40(43)30-49(64)35(4)58-55(67)69-8/h15-27,31-35,40,43,47-48,50,56H,6,9-14,28-30H2,1-5,7-8H3,(H-,57,58,59,67)/p+1. The Morgan fingerprint density at radius 3 is 2.23 bits per heavy atom. The minimum absolute atomic E-state index is 0.00287. The van der Waals surface area contributed by atoms with E-state index in [-0.39, 0.29) is 47.5 Å². The van der Waals surface area contributed by atoms with E-state index < -0.39 is 24.0 Å². The van der Waals surface area contributed by atoms with Crippen LogP contribution in [0.4, 0.5) is 16.2 Å². The number of aliphatic imine (C=N–C) groups is 1. The number of hydrogen-bond acceptors (Lipinski definition) is 10. The lowest BCUT2D eigenvalue weighted by Gasteiger charge is -2.31. The minimum atomic E-state index is -0.616. The van der Waals surface area contributed by atoms with Gasteiger partial charge in [-0.2, -0.15) is 0 Å². The highest BCUT2D eigenvalue weighted by atomic mass is 16.5. The summed E-state index contributed by atoms with van der Waals surface area (Å²) in [6.45, 7) is 12.3. The van der Waals surface area contributed by atoms with Crippen molar-refractivity contribution in [1.29, 1.82) is 0 Å². The summed E-state index contributed by atoms with van der Waals surface area (Å²) in [5.41, 5.74) is 9.22. The third-order valence-electron chi connectivity index (χ3n) is 14.7. The van der Waals surface area contributed by atoms with Crippen LogP contribution in [0.2, 0.25) is 0 Å². The van der Waals surface area contributed by atoms with Crippen molar-refractivity contribution in [3.05, 3.63) is 114 Å². The molecule has 4 aromatic rings. The van der Waals surface area contributed by atoms with Gasteiger partial charge in [0.2, 0.25) is 11.6 Å². The fraction of sp³-hybridized carbons (Fsp3) is 0.436. The highest BCUT2D eigenvalue weighted by Crippen LogP contribution is 2.44. The highest BCUT2D eigenvalue weighted by molar-refractivity contribution is 5.95. The van der Waals surface area contributed by atoms with E-state index in [9.17, 15) is 19.2 Å². The molecular formula is C55H67N8O6+. The molecule has 3 aromatic carbocycles. The topological polar surface area (TPSA) is 161 Å². The molecule has 69 heavy (non-hydrogen) atoms. The van der Waals surface area contributed by atoms with E-state index in [2.05, 4.69) is 106 Å². The van der Waals surface area contributed by atoms with Crippen LogP contribution in [0.1, 0.15) is 114 Å². The Hall–Kier alpha value is -6.83. The SMILES string of the molecule is C=[N+]1C=C(c2ccc(C3CC=C(c4ccc(-c5cnc(C6CCCCC6CC(=O)C(C)NC(=O)OC)[nH]5)cc4)N3c3ccc(NC)cc3)cc2)N=C1C1CCCN1C(=O)C(C(C)C)C(C)C(=O)OC. The number of anilines is 2. The maximum atomic E-state index is 14.1. The van der Waals surface area contributed by atoms with Crippen LogP contribution in [0.25, 0.3) is 22.7 Å². The number of carbonyl (C=O) groups excluding carboxylic acids is 4. The highest BCUT2D eigenvalue weighted by Gasteiger charge is 2.45. The molecule has 4 aliphatic rings. The van der Waals surface area contributed by atoms with Gasteiger partial charge >= 0.3 is 17.9 Å².